The topological polar surface area (TPSA) is 24.9 Å². The van der Waals surface area contributed by atoms with Gasteiger partial charge in [-0.25, -0.2) is 9.37 Å². The monoisotopic (exact) mass is 258 g/mol. The maximum atomic E-state index is 12.8. The third kappa shape index (κ3) is 3.78. The fourth-order valence-electron chi connectivity index (χ4n) is 1.74. The summed E-state index contributed by atoms with van der Waals surface area (Å²) in [5, 5.41) is 3.23. The van der Waals surface area contributed by atoms with Crippen molar-refractivity contribution >= 4 is 5.82 Å². The van der Waals surface area contributed by atoms with Gasteiger partial charge in [-0.1, -0.05) is 39.0 Å². The van der Waals surface area contributed by atoms with Crippen LogP contribution in [-0.4, -0.2) is 4.98 Å². The number of anilines is 1. The Kier molecular flexibility index (Phi) is 3.84. The number of hydrogen-bond donors (Lipinski definition) is 1. The fourth-order valence-corrected chi connectivity index (χ4v) is 1.74. The molecule has 0 aliphatic heterocycles. The van der Waals surface area contributed by atoms with Crippen LogP contribution in [0.25, 0.3) is 0 Å². The van der Waals surface area contributed by atoms with E-state index in [9.17, 15) is 4.39 Å². The van der Waals surface area contributed by atoms with Crippen molar-refractivity contribution in [3.8, 4) is 0 Å². The fraction of sp³-hybridized carbons (Fsp3) is 0.312. The summed E-state index contributed by atoms with van der Waals surface area (Å²) in [5.74, 6) is 0.619. The Morgan fingerprint density at radius 1 is 1.05 bits per heavy atom. The molecule has 0 amide bonds. The highest BCUT2D eigenvalue weighted by Crippen LogP contribution is 2.22. The second-order valence-electron chi connectivity index (χ2n) is 5.66. The molecule has 19 heavy (non-hydrogen) atoms. The van der Waals surface area contributed by atoms with Crippen molar-refractivity contribution in [3.63, 3.8) is 0 Å². The number of hydrogen-bond acceptors (Lipinski definition) is 2. The molecule has 0 radical (unpaired) electrons. The highest BCUT2D eigenvalue weighted by atomic mass is 19.1. The van der Waals surface area contributed by atoms with Gasteiger partial charge in [0.1, 0.15) is 11.6 Å². The van der Waals surface area contributed by atoms with E-state index in [0.29, 0.717) is 6.54 Å². The van der Waals surface area contributed by atoms with E-state index in [1.54, 1.807) is 12.1 Å². The van der Waals surface area contributed by atoms with E-state index in [1.807, 2.05) is 12.3 Å². The standard InChI is InChI=1S/C16H19FN2/c1-16(2,3)13-6-9-15(19-11-13)18-10-12-4-7-14(17)8-5-12/h4-9,11H,10H2,1-3H3,(H,18,19). The molecule has 0 saturated carbocycles. The molecule has 0 spiro atoms. The lowest BCUT2D eigenvalue weighted by Gasteiger charge is -2.18. The van der Waals surface area contributed by atoms with Gasteiger partial charge in [-0.3, -0.25) is 0 Å². The smallest absolute Gasteiger partial charge is 0.126 e. The van der Waals surface area contributed by atoms with Crippen molar-refractivity contribution in [3.05, 3.63) is 59.5 Å². The molecule has 0 aliphatic rings. The molecule has 3 heteroatoms. The van der Waals surface area contributed by atoms with Crippen LogP contribution < -0.4 is 5.32 Å². The van der Waals surface area contributed by atoms with Gasteiger partial charge in [0.25, 0.3) is 0 Å². The molecule has 0 aliphatic carbocycles. The molecule has 1 aromatic carbocycles. The number of pyridine rings is 1. The van der Waals surface area contributed by atoms with Crippen LogP contribution in [0, 0.1) is 5.82 Å². The highest BCUT2D eigenvalue weighted by Gasteiger charge is 2.13. The Balaban J connectivity index is 1.98. The molecule has 1 N–H and O–H groups in total. The number of nitrogens with zero attached hydrogens (tertiary/aromatic N) is 1. The SMILES string of the molecule is CC(C)(C)c1ccc(NCc2ccc(F)cc2)nc1. The molecule has 0 atom stereocenters. The maximum absolute atomic E-state index is 12.8. The molecule has 100 valence electrons. The van der Waals surface area contributed by atoms with Gasteiger partial charge in [-0.2, -0.15) is 0 Å². The van der Waals surface area contributed by atoms with E-state index < -0.39 is 0 Å². The minimum Gasteiger partial charge on any atom is -0.366 e. The Morgan fingerprint density at radius 3 is 2.26 bits per heavy atom. The van der Waals surface area contributed by atoms with Gasteiger partial charge in [-0.05, 0) is 34.7 Å². The van der Waals surface area contributed by atoms with E-state index in [2.05, 4.69) is 37.1 Å². The first-order valence-electron chi connectivity index (χ1n) is 6.40. The highest BCUT2D eigenvalue weighted by molar-refractivity contribution is 5.38. The number of benzene rings is 1. The Morgan fingerprint density at radius 2 is 1.74 bits per heavy atom. The Bertz CT molecular complexity index is 524. The van der Waals surface area contributed by atoms with Crippen LogP contribution in [0.4, 0.5) is 10.2 Å². The largest absolute Gasteiger partial charge is 0.366 e. The zero-order chi connectivity index (χ0) is 13.9. The van der Waals surface area contributed by atoms with Gasteiger partial charge >= 0.3 is 0 Å². The number of rotatable bonds is 3. The van der Waals surface area contributed by atoms with Gasteiger partial charge in [0.2, 0.25) is 0 Å². The lowest BCUT2D eigenvalue weighted by Crippen LogP contribution is -2.11. The predicted molar refractivity (Wildman–Crippen MR) is 76.7 cm³/mol. The molecule has 0 bridgehead atoms. The van der Waals surface area contributed by atoms with E-state index in [4.69, 9.17) is 0 Å². The minimum atomic E-state index is -0.212. The molecule has 0 saturated heterocycles. The summed E-state index contributed by atoms with van der Waals surface area (Å²) in [6.07, 6.45) is 1.90. The molecule has 2 nitrogen and oxygen atoms in total. The number of halogens is 1. The quantitative estimate of drug-likeness (QED) is 0.895. The summed E-state index contributed by atoms with van der Waals surface area (Å²) in [7, 11) is 0. The van der Waals surface area contributed by atoms with E-state index in [1.165, 1.54) is 17.7 Å². The van der Waals surface area contributed by atoms with Crippen molar-refractivity contribution in [1.82, 2.24) is 4.98 Å². The lowest BCUT2D eigenvalue weighted by atomic mass is 9.88. The van der Waals surface area contributed by atoms with Crippen molar-refractivity contribution < 1.29 is 4.39 Å². The zero-order valence-corrected chi connectivity index (χ0v) is 11.6. The summed E-state index contributed by atoms with van der Waals surface area (Å²) in [4.78, 5) is 4.39. The molecular formula is C16H19FN2. The van der Waals surface area contributed by atoms with Crippen LogP contribution in [0.3, 0.4) is 0 Å². The van der Waals surface area contributed by atoms with Crippen LogP contribution in [0.15, 0.2) is 42.6 Å². The lowest BCUT2D eigenvalue weighted by molar-refractivity contribution is 0.587. The summed E-state index contributed by atoms with van der Waals surface area (Å²) < 4.78 is 12.8. The molecule has 0 unspecified atom stereocenters. The van der Waals surface area contributed by atoms with Gasteiger partial charge in [0.15, 0.2) is 0 Å². The van der Waals surface area contributed by atoms with Crippen LogP contribution in [0.5, 0.6) is 0 Å². The Labute approximate surface area is 113 Å². The van der Waals surface area contributed by atoms with Gasteiger partial charge in [0.05, 0.1) is 0 Å². The molecule has 0 fully saturated rings. The molecule has 2 aromatic rings. The van der Waals surface area contributed by atoms with Crippen LogP contribution >= 0.6 is 0 Å². The predicted octanol–water partition coefficient (Wildman–Crippen LogP) is 4.13. The summed E-state index contributed by atoms with van der Waals surface area (Å²) in [6.45, 7) is 7.13. The van der Waals surface area contributed by atoms with Gasteiger partial charge in [-0.15, -0.1) is 0 Å². The number of nitrogens with one attached hydrogen (secondary N) is 1. The van der Waals surface area contributed by atoms with Gasteiger partial charge in [0, 0.05) is 12.7 Å². The molecule has 1 heterocycles. The minimum absolute atomic E-state index is 0.114. The van der Waals surface area contributed by atoms with E-state index in [-0.39, 0.29) is 11.2 Å². The third-order valence-electron chi connectivity index (χ3n) is 3.02. The average molecular weight is 258 g/mol. The van der Waals surface area contributed by atoms with E-state index >= 15 is 0 Å². The molecular weight excluding hydrogens is 239 g/mol. The average Bonchev–Trinajstić information content (AvgIpc) is 2.37. The first-order chi connectivity index (χ1) is 8.95. The van der Waals surface area contributed by atoms with Crippen molar-refractivity contribution in [2.75, 3.05) is 5.32 Å². The van der Waals surface area contributed by atoms with Crippen molar-refractivity contribution in [1.29, 1.82) is 0 Å². The Hall–Kier alpha value is -1.90. The van der Waals surface area contributed by atoms with Crippen LogP contribution in [0.1, 0.15) is 31.9 Å². The normalized spacial score (nSPS) is 11.4. The van der Waals surface area contributed by atoms with Crippen LogP contribution in [0.2, 0.25) is 0 Å². The van der Waals surface area contributed by atoms with Crippen LogP contribution in [-0.2, 0) is 12.0 Å². The summed E-state index contributed by atoms with van der Waals surface area (Å²) in [6, 6.07) is 10.5. The second-order valence-corrected chi connectivity index (χ2v) is 5.66. The summed E-state index contributed by atoms with van der Waals surface area (Å²) >= 11 is 0. The van der Waals surface area contributed by atoms with Crippen molar-refractivity contribution in [2.24, 2.45) is 0 Å². The molecule has 2 rings (SSSR count). The third-order valence-corrected chi connectivity index (χ3v) is 3.02. The van der Waals surface area contributed by atoms with Gasteiger partial charge < -0.3 is 5.32 Å². The summed E-state index contributed by atoms with van der Waals surface area (Å²) in [5.41, 5.74) is 2.35. The first kappa shape index (κ1) is 13.5. The van der Waals surface area contributed by atoms with E-state index in [0.717, 1.165) is 11.4 Å². The second kappa shape index (κ2) is 5.39. The zero-order valence-electron chi connectivity index (χ0n) is 11.6. The number of aromatic nitrogens is 1. The van der Waals surface area contributed by atoms with Crippen molar-refractivity contribution in [2.45, 2.75) is 32.7 Å². The maximum Gasteiger partial charge on any atom is 0.126 e. The molecule has 1 aromatic heterocycles. The first-order valence-corrected chi connectivity index (χ1v) is 6.40.